The van der Waals surface area contributed by atoms with Crippen LogP contribution < -0.4 is 15.9 Å². The molecule has 1 aliphatic heterocycles. The van der Waals surface area contributed by atoms with Gasteiger partial charge in [-0.2, -0.15) is 11.8 Å². The molecule has 1 fully saturated rings. The van der Waals surface area contributed by atoms with E-state index in [9.17, 15) is 18.4 Å². The van der Waals surface area contributed by atoms with Gasteiger partial charge in [-0.3, -0.25) is 4.79 Å². The number of fused-ring (bicyclic) bond motifs is 3. The Morgan fingerprint density at radius 3 is 2.69 bits per heavy atom. The summed E-state index contributed by atoms with van der Waals surface area (Å²) in [4.78, 5) is 32.5. The van der Waals surface area contributed by atoms with Gasteiger partial charge >= 0.3 is 5.69 Å². The van der Waals surface area contributed by atoms with Crippen LogP contribution >= 0.6 is 11.8 Å². The Morgan fingerprint density at radius 2 is 1.91 bits per heavy atom. The van der Waals surface area contributed by atoms with Crippen molar-refractivity contribution in [1.29, 1.82) is 0 Å². The number of aromatic nitrogens is 4. The number of halogens is 2. The average molecular weight is 456 g/mol. The van der Waals surface area contributed by atoms with Crippen LogP contribution in [0, 0.1) is 11.6 Å². The number of rotatable bonds is 4. The highest BCUT2D eigenvalue weighted by Crippen LogP contribution is 2.24. The van der Waals surface area contributed by atoms with Crippen LogP contribution in [0.25, 0.3) is 16.7 Å². The van der Waals surface area contributed by atoms with Crippen molar-refractivity contribution in [3.05, 3.63) is 64.6 Å². The number of anilines is 2. The van der Waals surface area contributed by atoms with Crippen molar-refractivity contribution >= 4 is 45.9 Å². The number of para-hydroxylation sites is 2. The third-order valence-electron chi connectivity index (χ3n) is 5.20. The van der Waals surface area contributed by atoms with Crippen LogP contribution in [0.5, 0.6) is 0 Å². The van der Waals surface area contributed by atoms with Crippen molar-refractivity contribution in [2.75, 3.05) is 34.8 Å². The Balaban J connectivity index is 1.55. The van der Waals surface area contributed by atoms with Crippen molar-refractivity contribution in [3.8, 4) is 0 Å². The fourth-order valence-corrected chi connectivity index (χ4v) is 4.59. The lowest BCUT2D eigenvalue weighted by molar-refractivity contribution is -0.117. The minimum absolute atomic E-state index is 0.174. The molecule has 2 aromatic carbocycles. The molecule has 1 amide bonds. The highest BCUT2D eigenvalue weighted by atomic mass is 32.2. The number of benzene rings is 2. The fourth-order valence-electron chi connectivity index (χ4n) is 3.69. The lowest BCUT2D eigenvalue weighted by Gasteiger charge is -2.27. The monoisotopic (exact) mass is 456 g/mol. The summed E-state index contributed by atoms with van der Waals surface area (Å²) in [6, 6.07) is 10.1. The molecule has 0 bridgehead atoms. The van der Waals surface area contributed by atoms with E-state index in [1.165, 1.54) is 4.40 Å². The number of thioether (sulfide) groups is 1. The zero-order valence-corrected chi connectivity index (χ0v) is 17.6. The summed E-state index contributed by atoms with van der Waals surface area (Å²) in [5.41, 5.74) is 0.917. The molecule has 0 radical (unpaired) electrons. The van der Waals surface area contributed by atoms with Gasteiger partial charge in [0.25, 0.3) is 0 Å². The van der Waals surface area contributed by atoms with Gasteiger partial charge in [-0.15, -0.1) is 5.10 Å². The van der Waals surface area contributed by atoms with Gasteiger partial charge < -0.3 is 10.2 Å². The summed E-state index contributed by atoms with van der Waals surface area (Å²) < 4.78 is 29.5. The lowest BCUT2D eigenvalue weighted by Crippen LogP contribution is -2.33. The highest BCUT2D eigenvalue weighted by molar-refractivity contribution is 7.99. The van der Waals surface area contributed by atoms with E-state index in [0.717, 1.165) is 41.4 Å². The molecule has 0 spiro atoms. The quantitative estimate of drug-likeness (QED) is 0.508. The van der Waals surface area contributed by atoms with Gasteiger partial charge in [0.2, 0.25) is 11.6 Å². The van der Waals surface area contributed by atoms with Crippen molar-refractivity contribution in [2.45, 2.75) is 6.54 Å². The second-order valence-corrected chi connectivity index (χ2v) is 8.52. The molecule has 0 unspecified atom stereocenters. The molecule has 2 aromatic heterocycles. The fraction of sp³-hybridized carbons (Fsp3) is 0.238. The smallest absolute Gasteiger partial charge is 0.351 e. The molecule has 1 N–H and O–H groups in total. The van der Waals surface area contributed by atoms with Gasteiger partial charge in [0, 0.05) is 30.7 Å². The zero-order valence-electron chi connectivity index (χ0n) is 16.8. The summed E-state index contributed by atoms with van der Waals surface area (Å²) in [5.74, 6) is 0.161. The zero-order chi connectivity index (χ0) is 22.2. The van der Waals surface area contributed by atoms with Crippen molar-refractivity contribution in [2.24, 2.45) is 0 Å². The first-order valence-corrected chi connectivity index (χ1v) is 11.1. The minimum Gasteiger partial charge on any atom is -0.352 e. The predicted octanol–water partition coefficient (Wildman–Crippen LogP) is 2.51. The number of hydrogen-bond donors (Lipinski definition) is 1. The van der Waals surface area contributed by atoms with E-state index in [4.69, 9.17) is 4.98 Å². The molecular weight excluding hydrogens is 438 g/mol. The maximum Gasteiger partial charge on any atom is 0.351 e. The number of nitrogens with one attached hydrogen (secondary N) is 1. The Kier molecular flexibility index (Phi) is 5.25. The third-order valence-corrected chi connectivity index (χ3v) is 6.14. The van der Waals surface area contributed by atoms with E-state index in [2.05, 4.69) is 15.3 Å². The Bertz CT molecular complexity index is 1400. The van der Waals surface area contributed by atoms with Crippen LogP contribution in [0.1, 0.15) is 0 Å². The van der Waals surface area contributed by atoms with E-state index < -0.39 is 29.8 Å². The van der Waals surface area contributed by atoms with Crippen LogP contribution in [0.15, 0.2) is 47.3 Å². The first-order chi connectivity index (χ1) is 15.5. The van der Waals surface area contributed by atoms with Gasteiger partial charge in [0.15, 0.2) is 5.82 Å². The van der Waals surface area contributed by atoms with E-state index in [0.29, 0.717) is 28.6 Å². The number of amides is 1. The number of nitrogens with zero attached hydrogens (tertiary/aromatic N) is 5. The topological polar surface area (TPSA) is 84.5 Å². The molecule has 11 heteroatoms. The minimum atomic E-state index is -0.902. The second kappa shape index (κ2) is 8.23. The highest BCUT2D eigenvalue weighted by Gasteiger charge is 2.22. The van der Waals surface area contributed by atoms with E-state index in [1.54, 1.807) is 12.1 Å². The van der Waals surface area contributed by atoms with E-state index in [-0.39, 0.29) is 5.69 Å². The molecule has 32 heavy (non-hydrogen) atoms. The summed E-state index contributed by atoms with van der Waals surface area (Å²) in [5, 5.41) is 6.75. The first-order valence-electron chi connectivity index (χ1n) is 9.97. The molecule has 3 heterocycles. The SMILES string of the molecule is O=C(Cn1nc2c(N3CCSCC3)nc3ccccc3n2c1=O)Nc1ccc(F)cc1F. The van der Waals surface area contributed by atoms with Gasteiger partial charge in [-0.25, -0.2) is 27.6 Å². The average Bonchev–Trinajstić information content (AvgIpc) is 3.12. The molecule has 0 saturated carbocycles. The summed E-state index contributed by atoms with van der Waals surface area (Å²) >= 11 is 1.85. The number of carbonyl (C=O) groups excluding carboxylic acids is 1. The van der Waals surface area contributed by atoms with E-state index >= 15 is 0 Å². The molecule has 164 valence electrons. The lowest BCUT2D eigenvalue weighted by atomic mass is 10.3. The standard InChI is InChI=1S/C21H18F2N6O2S/c22-13-5-6-15(14(23)11-13)24-18(30)12-28-21(31)29-17-4-2-1-3-16(17)25-19(20(29)26-28)27-7-9-32-10-8-27/h1-6,11H,7-10,12H2,(H,24,30). The molecule has 5 rings (SSSR count). The molecule has 1 aliphatic rings. The molecule has 1 saturated heterocycles. The van der Waals surface area contributed by atoms with Crippen molar-refractivity contribution < 1.29 is 13.6 Å². The Hall–Kier alpha value is -3.47. The summed E-state index contributed by atoms with van der Waals surface area (Å²) in [7, 11) is 0. The van der Waals surface area contributed by atoms with Crippen LogP contribution in [0.2, 0.25) is 0 Å². The maximum atomic E-state index is 13.9. The molecule has 8 nitrogen and oxygen atoms in total. The number of hydrogen-bond acceptors (Lipinski definition) is 6. The normalized spacial score (nSPS) is 14.2. The molecular formula is C21H18F2N6O2S. The molecule has 0 aliphatic carbocycles. The van der Waals surface area contributed by atoms with Crippen LogP contribution in [0.3, 0.4) is 0 Å². The van der Waals surface area contributed by atoms with Crippen LogP contribution in [-0.4, -0.2) is 49.7 Å². The predicted molar refractivity (Wildman–Crippen MR) is 119 cm³/mol. The Morgan fingerprint density at radius 1 is 1.12 bits per heavy atom. The van der Waals surface area contributed by atoms with Crippen molar-refractivity contribution in [1.82, 2.24) is 19.2 Å². The van der Waals surface area contributed by atoms with Gasteiger partial charge in [0.1, 0.15) is 18.2 Å². The van der Waals surface area contributed by atoms with Crippen LogP contribution in [-0.2, 0) is 11.3 Å². The molecule has 0 atom stereocenters. The first kappa shape index (κ1) is 20.4. The van der Waals surface area contributed by atoms with Crippen LogP contribution in [0.4, 0.5) is 20.3 Å². The van der Waals surface area contributed by atoms with Gasteiger partial charge in [0.05, 0.1) is 16.7 Å². The Labute approximate surface area is 184 Å². The summed E-state index contributed by atoms with van der Waals surface area (Å²) in [6.07, 6.45) is 0. The van der Waals surface area contributed by atoms with Gasteiger partial charge in [-0.05, 0) is 24.3 Å². The van der Waals surface area contributed by atoms with Gasteiger partial charge in [-0.1, -0.05) is 12.1 Å². The number of carbonyl (C=O) groups is 1. The largest absolute Gasteiger partial charge is 0.352 e. The second-order valence-electron chi connectivity index (χ2n) is 7.30. The van der Waals surface area contributed by atoms with E-state index in [1.807, 2.05) is 23.9 Å². The maximum absolute atomic E-state index is 13.9. The summed E-state index contributed by atoms with van der Waals surface area (Å²) in [6.45, 7) is 1.12. The van der Waals surface area contributed by atoms with Crippen molar-refractivity contribution in [3.63, 3.8) is 0 Å². The molecule has 4 aromatic rings. The third kappa shape index (κ3) is 3.68.